The van der Waals surface area contributed by atoms with E-state index in [0.717, 1.165) is 0 Å². The van der Waals surface area contributed by atoms with Crippen molar-refractivity contribution in [1.82, 2.24) is 5.32 Å². The number of esters is 1. The highest BCUT2D eigenvalue weighted by molar-refractivity contribution is 5.94. The van der Waals surface area contributed by atoms with Crippen molar-refractivity contribution in [2.75, 3.05) is 13.7 Å². The molecule has 4 nitrogen and oxygen atoms in total. The number of carbonyl (C=O) groups is 2. The van der Waals surface area contributed by atoms with Gasteiger partial charge >= 0.3 is 5.97 Å². The Bertz CT molecular complexity index is 208. The average Bonchev–Trinajstić information content (AvgIpc) is 2.11. The molecule has 0 atom stereocenters. The van der Waals surface area contributed by atoms with Crippen LogP contribution in [0.15, 0.2) is 11.6 Å². The van der Waals surface area contributed by atoms with Gasteiger partial charge in [0, 0.05) is 5.57 Å². The Morgan fingerprint density at radius 3 is 2.50 bits per heavy atom. The fourth-order valence-electron chi connectivity index (χ4n) is 0.495. The van der Waals surface area contributed by atoms with Crippen LogP contribution in [0.3, 0.4) is 0 Å². The summed E-state index contributed by atoms with van der Waals surface area (Å²) in [5.41, 5.74) is 0.582. The molecule has 0 aromatic rings. The monoisotopic (exact) mass is 171 g/mol. The van der Waals surface area contributed by atoms with Crippen molar-refractivity contribution < 1.29 is 14.3 Å². The quantitative estimate of drug-likeness (QED) is 0.489. The van der Waals surface area contributed by atoms with Crippen LogP contribution in [-0.2, 0) is 14.3 Å². The number of methoxy groups -OCH3 is 1. The molecule has 68 valence electrons. The van der Waals surface area contributed by atoms with Crippen LogP contribution in [0.1, 0.15) is 13.8 Å². The molecular weight excluding hydrogens is 158 g/mol. The van der Waals surface area contributed by atoms with Crippen molar-refractivity contribution in [3.8, 4) is 0 Å². The van der Waals surface area contributed by atoms with Crippen LogP contribution in [0.2, 0.25) is 0 Å². The van der Waals surface area contributed by atoms with Gasteiger partial charge in [-0.1, -0.05) is 6.08 Å². The highest BCUT2D eigenvalue weighted by Crippen LogP contribution is 1.89. The zero-order valence-electron chi connectivity index (χ0n) is 7.51. The van der Waals surface area contributed by atoms with Gasteiger partial charge in [0.05, 0.1) is 7.11 Å². The van der Waals surface area contributed by atoms with Gasteiger partial charge < -0.3 is 10.1 Å². The Labute approximate surface area is 71.6 Å². The lowest BCUT2D eigenvalue weighted by molar-refractivity contribution is -0.140. The average molecular weight is 171 g/mol. The topological polar surface area (TPSA) is 55.4 Å². The third-order valence-electron chi connectivity index (χ3n) is 1.41. The smallest absolute Gasteiger partial charge is 0.325 e. The Morgan fingerprint density at radius 2 is 2.08 bits per heavy atom. The maximum Gasteiger partial charge on any atom is 0.325 e. The fourth-order valence-corrected chi connectivity index (χ4v) is 0.495. The molecule has 0 fully saturated rings. The molecule has 0 heterocycles. The van der Waals surface area contributed by atoms with Gasteiger partial charge in [0.25, 0.3) is 0 Å². The van der Waals surface area contributed by atoms with E-state index in [1.807, 2.05) is 0 Å². The van der Waals surface area contributed by atoms with Crippen LogP contribution in [0, 0.1) is 0 Å². The van der Waals surface area contributed by atoms with Crippen LogP contribution in [0.5, 0.6) is 0 Å². The standard InChI is InChI=1S/C8H13NO3/c1-4-6(2)8(11)9-5-7(10)12-3/h4H,5H2,1-3H3,(H,9,11)/b6-4+. The summed E-state index contributed by atoms with van der Waals surface area (Å²) >= 11 is 0. The van der Waals surface area contributed by atoms with Crippen molar-refractivity contribution in [3.63, 3.8) is 0 Å². The number of rotatable bonds is 3. The summed E-state index contributed by atoms with van der Waals surface area (Å²) in [6.45, 7) is 3.35. The van der Waals surface area contributed by atoms with Gasteiger partial charge in [0.15, 0.2) is 0 Å². The van der Waals surface area contributed by atoms with Gasteiger partial charge in [-0.05, 0) is 13.8 Å². The minimum absolute atomic E-state index is 0.0828. The Morgan fingerprint density at radius 1 is 1.50 bits per heavy atom. The van der Waals surface area contributed by atoms with Crippen molar-refractivity contribution >= 4 is 11.9 Å². The lowest BCUT2D eigenvalue weighted by atomic mass is 10.3. The molecule has 0 saturated carbocycles. The SMILES string of the molecule is C/C=C(\C)C(=O)NCC(=O)OC. The molecule has 0 aliphatic carbocycles. The number of carbonyl (C=O) groups excluding carboxylic acids is 2. The lowest BCUT2D eigenvalue weighted by Crippen LogP contribution is -2.30. The molecule has 0 bridgehead atoms. The van der Waals surface area contributed by atoms with Crippen LogP contribution in [-0.4, -0.2) is 25.5 Å². The Hall–Kier alpha value is -1.32. The maximum atomic E-state index is 11.0. The minimum Gasteiger partial charge on any atom is -0.468 e. The summed E-state index contributed by atoms with van der Waals surface area (Å²) < 4.78 is 4.34. The van der Waals surface area contributed by atoms with Crippen LogP contribution < -0.4 is 5.32 Å². The number of hydrogen-bond acceptors (Lipinski definition) is 3. The van der Waals surface area contributed by atoms with E-state index in [2.05, 4.69) is 10.1 Å². The first-order valence-electron chi connectivity index (χ1n) is 3.59. The normalized spacial score (nSPS) is 10.8. The predicted molar refractivity (Wildman–Crippen MR) is 44.5 cm³/mol. The van der Waals surface area contributed by atoms with Gasteiger partial charge in [-0.2, -0.15) is 0 Å². The first kappa shape index (κ1) is 10.7. The first-order valence-corrected chi connectivity index (χ1v) is 3.59. The highest BCUT2D eigenvalue weighted by Gasteiger charge is 2.05. The Kier molecular flexibility index (Phi) is 4.76. The van der Waals surface area contributed by atoms with Gasteiger partial charge in [0.1, 0.15) is 6.54 Å². The molecule has 0 aromatic heterocycles. The van der Waals surface area contributed by atoms with Gasteiger partial charge in [-0.25, -0.2) is 0 Å². The van der Waals surface area contributed by atoms with Crippen LogP contribution >= 0.6 is 0 Å². The van der Waals surface area contributed by atoms with Crippen LogP contribution in [0.25, 0.3) is 0 Å². The second-order valence-corrected chi connectivity index (χ2v) is 2.23. The summed E-state index contributed by atoms with van der Waals surface area (Å²) in [5.74, 6) is -0.699. The van der Waals surface area contributed by atoms with Crippen molar-refractivity contribution in [3.05, 3.63) is 11.6 Å². The predicted octanol–water partition coefficient (Wildman–Crippen LogP) is 0.242. The van der Waals surface area contributed by atoms with E-state index in [0.29, 0.717) is 5.57 Å². The van der Waals surface area contributed by atoms with E-state index >= 15 is 0 Å². The summed E-state index contributed by atoms with van der Waals surface area (Å²) in [5, 5.41) is 2.40. The molecule has 0 unspecified atom stereocenters. The third kappa shape index (κ3) is 3.75. The molecule has 1 N–H and O–H groups in total. The van der Waals surface area contributed by atoms with E-state index in [-0.39, 0.29) is 12.5 Å². The van der Waals surface area contributed by atoms with E-state index in [1.54, 1.807) is 19.9 Å². The molecule has 0 spiro atoms. The second-order valence-electron chi connectivity index (χ2n) is 2.23. The number of hydrogen-bond donors (Lipinski definition) is 1. The van der Waals surface area contributed by atoms with E-state index in [1.165, 1.54) is 7.11 Å². The van der Waals surface area contributed by atoms with E-state index in [4.69, 9.17) is 0 Å². The highest BCUT2D eigenvalue weighted by atomic mass is 16.5. The summed E-state index contributed by atoms with van der Waals surface area (Å²) in [6, 6.07) is 0. The fraction of sp³-hybridized carbons (Fsp3) is 0.500. The molecule has 0 aliphatic heterocycles. The number of amides is 1. The molecule has 4 heteroatoms. The number of nitrogens with one attached hydrogen (secondary N) is 1. The largest absolute Gasteiger partial charge is 0.468 e. The molecule has 0 rings (SSSR count). The second kappa shape index (κ2) is 5.35. The molecule has 12 heavy (non-hydrogen) atoms. The molecule has 0 radical (unpaired) electrons. The zero-order chi connectivity index (χ0) is 9.56. The summed E-state index contributed by atoms with van der Waals surface area (Å²) in [7, 11) is 1.27. The number of allylic oxidation sites excluding steroid dienone is 1. The first-order chi connectivity index (χ1) is 5.61. The molecule has 1 amide bonds. The van der Waals surface area contributed by atoms with Crippen LogP contribution in [0.4, 0.5) is 0 Å². The van der Waals surface area contributed by atoms with Crippen molar-refractivity contribution in [2.45, 2.75) is 13.8 Å². The number of ether oxygens (including phenoxy) is 1. The minimum atomic E-state index is -0.452. The maximum absolute atomic E-state index is 11.0. The lowest BCUT2D eigenvalue weighted by Gasteiger charge is -2.02. The van der Waals surface area contributed by atoms with Crippen molar-refractivity contribution in [1.29, 1.82) is 0 Å². The zero-order valence-corrected chi connectivity index (χ0v) is 7.51. The Balaban J connectivity index is 3.80. The molecule has 0 aliphatic rings. The molecule has 0 saturated heterocycles. The summed E-state index contributed by atoms with van der Waals surface area (Å²) in [6.07, 6.45) is 1.67. The third-order valence-corrected chi connectivity index (χ3v) is 1.41. The summed E-state index contributed by atoms with van der Waals surface area (Å²) in [4.78, 5) is 21.6. The van der Waals surface area contributed by atoms with E-state index in [9.17, 15) is 9.59 Å². The van der Waals surface area contributed by atoms with E-state index < -0.39 is 5.97 Å². The van der Waals surface area contributed by atoms with Gasteiger partial charge in [-0.15, -0.1) is 0 Å². The van der Waals surface area contributed by atoms with Crippen molar-refractivity contribution in [2.24, 2.45) is 0 Å². The molecule has 0 aromatic carbocycles. The van der Waals surface area contributed by atoms with Gasteiger partial charge in [0.2, 0.25) is 5.91 Å². The molecular formula is C8H13NO3. The van der Waals surface area contributed by atoms with Gasteiger partial charge in [-0.3, -0.25) is 9.59 Å².